The summed E-state index contributed by atoms with van der Waals surface area (Å²) in [6.07, 6.45) is 5.58. The lowest BCUT2D eigenvalue weighted by molar-refractivity contribution is 0.318. The molecule has 6 heteroatoms. The number of pyridine rings is 1. The first-order valence-corrected chi connectivity index (χ1v) is 7.30. The Bertz CT molecular complexity index is 838. The summed E-state index contributed by atoms with van der Waals surface area (Å²) in [7, 11) is 0. The van der Waals surface area contributed by atoms with Crippen molar-refractivity contribution < 1.29 is 4.74 Å². The molecule has 3 aromatic rings. The molecule has 0 aliphatic carbocycles. The number of para-hydroxylation sites is 1. The molecule has 1 N–H and O–H groups in total. The van der Waals surface area contributed by atoms with Gasteiger partial charge in [0, 0.05) is 30.5 Å². The average molecular weight is 305 g/mol. The molecule has 23 heavy (non-hydrogen) atoms. The molecule has 0 saturated heterocycles. The van der Waals surface area contributed by atoms with Crippen LogP contribution in [0.4, 0.5) is 5.82 Å². The fraction of sp³-hybridized carbons (Fsp3) is 0.176. The molecule has 0 amide bonds. The van der Waals surface area contributed by atoms with Crippen molar-refractivity contribution in [3.8, 4) is 11.8 Å². The van der Waals surface area contributed by atoms with Crippen molar-refractivity contribution in [1.82, 2.24) is 15.0 Å². The van der Waals surface area contributed by atoms with Gasteiger partial charge >= 0.3 is 0 Å². The Morgan fingerprint density at radius 2 is 1.91 bits per heavy atom. The van der Waals surface area contributed by atoms with Crippen LogP contribution in [0.15, 0.2) is 48.9 Å². The summed E-state index contributed by atoms with van der Waals surface area (Å²) in [5, 5.41) is 13.1. The third kappa shape index (κ3) is 3.52. The van der Waals surface area contributed by atoms with Gasteiger partial charge in [0.2, 0.25) is 0 Å². The number of hydrogen-bond donors (Lipinski definition) is 1. The fourth-order valence-electron chi connectivity index (χ4n) is 2.20. The molecular formula is C17H15N5O. The molecule has 0 aliphatic rings. The third-order valence-electron chi connectivity index (χ3n) is 3.27. The van der Waals surface area contributed by atoms with Crippen molar-refractivity contribution in [1.29, 1.82) is 5.26 Å². The zero-order chi connectivity index (χ0) is 15.9. The van der Waals surface area contributed by atoms with Crippen molar-refractivity contribution in [2.24, 2.45) is 0 Å². The Kier molecular flexibility index (Phi) is 4.60. The summed E-state index contributed by atoms with van der Waals surface area (Å²) >= 11 is 0. The van der Waals surface area contributed by atoms with Crippen LogP contribution in [0.25, 0.3) is 10.9 Å². The van der Waals surface area contributed by atoms with E-state index in [1.54, 1.807) is 12.4 Å². The summed E-state index contributed by atoms with van der Waals surface area (Å²) in [5.74, 6) is 1.28. The minimum absolute atomic E-state index is 0.298. The topological polar surface area (TPSA) is 83.7 Å². The maximum atomic E-state index is 8.95. The number of nitrogens with zero attached hydrogens (tertiary/aromatic N) is 4. The van der Waals surface area contributed by atoms with Crippen molar-refractivity contribution >= 4 is 16.7 Å². The predicted molar refractivity (Wildman–Crippen MR) is 87.1 cm³/mol. The maximum absolute atomic E-state index is 8.95. The zero-order valence-electron chi connectivity index (χ0n) is 12.4. The summed E-state index contributed by atoms with van der Waals surface area (Å²) in [4.78, 5) is 12.4. The van der Waals surface area contributed by atoms with E-state index in [1.165, 1.54) is 6.20 Å². The summed E-state index contributed by atoms with van der Waals surface area (Å²) in [6, 6.07) is 11.8. The van der Waals surface area contributed by atoms with E-state index in [1.807, 2.05) is 36.4 Å². The van der Waals surface area contributed by atoms with Crippen molar-refractivity contribution in [3.05, 3.63) is 54.6 Å². The molecule has 0 atom stereocenters. The molecule has 0 fully saturated rings. The average Bonchev–Trinajstić information content (AvgIpc) is 2.62. The van der Waals surface area contributed by atoms with E-state index < -0.39 is 0 Å². The first kappa shape index (κ1) is 14.7. The second-order valence-corrected chi connectivity index (χ2v) is 4.83. The van der Waals surface area contributed by atoms with Crippen LogP contribution in [0.2, 0.25) is 0 Å². The van der Waals surface area contributed by atoms with Gasteiger partial charge in [-0.15, -0.1) is 0 Å². The zero-order valence-corrected chi connectivity index (χ0v) is 12.4. The molecule has 2 aromatic heterocycles. The molecule has 2 heterocycles. The fourth-order valence-corrected chi connectivity index (χ4v) is 2.20. The molecular weight excluding hydrogens is 290 g/mol. The van der Waals surface area contributed by atoms with Crippen LogP contribution in [0.3, 0.4) is 0 Å². The smallest absolute Gasteiger partial charge is 0.182 e. The van der Waals surface area contributed by atoms with Crippen LogP contribution in [0.1, 0.15) is 12.1 Å². The molecule has 0 spiro atoms. The number of hydrogen-bond acceptors (Lipinski definition) is 6. The second-order valence-electron chi connectivity index (χ2n) is 4.83. The number of ether oxygens (including phenoxy) is 1. The summed E-state index contributed by atoms with van der Waals surface area (Å²) < 4.78 is 5.81. The molecule has 0 unspecified atom stereocenters. The predicted octanol–water partition coefficient (Wildman–Crippen LogP) is 2.78. The first-order valence-electron chi connectivity index (χ1n) is 7.30. The maximum Gasteiger partial charge on any atom is 0.182 e. The van der Waals surface area contributed by atoms with E-state index in [4.69, 9.17) is 10.00 Å². The molecule has 0 saturated carbocycles. The highest BCUT2D eigenvalue weighted by Gasteiger charge is 2.04. The minimum atomic E-state index is 0.298. The quantitative estimate of drug-likeness (QED) is 0.705. The van der Waals surface area contributed by atoms with Crippen molar-refractivity contribution in [2.45, 2.75) is 6.42 Å². The van der Waals surface area contributed by atoms with Gasteiger partial charge in [0.15, 0.2) is 11.5 Å². The second kappa shape index (κ2) is 7.18. The molecule has 0 aliphatic heterocycles. The lowest BCUT2D eigenvalue weighted by Gasteiger charge is -2.09. The number of nitrogens with one attached hydrogen (secondary N) is 1. The van der Waals surface area contributed by atoms with E-state index in [0.717, 1.165) is 23.1 Å². The molecule has 1 aromatic carbocycles. The summed E-state index contributed by atoms with van der Waals surface area (Å²) in [5.41, 5.74) is 1.16. The van der Waals surface area contributed by atoms with Gasteiger partial charge in [0.05, 0.1) is 6.61 Å². The van der Waals surface area contributed by atoms with Gasteiger partial charge in [0.25, 0.3) is 0 Å². The Labute approximate surface area is 133 Å². The Hall–Kier alpha value is -3.20. The lowest BCUT2D eigenvalue weighted by atomic mass is 10.2. The van der Waals surface area contributed by atoms with Crippen molar-refractivity contribution in [3.63, 3.8) is 0 Å². The van der Waals surface area contributed by atoms with Crippen LogP contribution >= 0.6 is 0 Å². The van der Waals surface area contributed by atoms with Gasteiger partial charge < -0.3 is 10.1 Å². The van der Waals surface area contributed by atoms with Crippen LogP contribution in [-0.2, 0) is 0 Å². The number of fused-ring (bicyclic) bond motifs is 1. The van der Waals surface area contributed by atoms with Gasteiger partial charge in [-0.05, 0) is 18.6 Å². The van der Waals surface area contributed by atoms with E-state index in [2.05, 4.69) is 20.3 Å². The number of rotatable bonds is 6. The number of anilines is 1. The van der Waals surface area contributed by atoms with Gasteiger partial charge in [-0.2, -0.15) is 5.26 Å². The number of nitriles is 1. The van der Waals surface area contributed by atoms with Crippen molar-refractivity contribution in [2.75, 3.05) is 18.5 Å². The largest absolute Gasteiger partial charge is 0.491 e. The molecule has 6 nitrogen and oxygen atoms in total. The SMILES string of the molecule is N#Cc1nccnc1NCCCOc1cccc2cccnc12. The Morgan fingerprint density at radius 1 is 1.04 bits per heavy atom. The lowest BCUT2D eigenvalue weighted by Crippen LogP contribution is -2.10. The van der Waals surface area contributed by atoms with E-state index in [-0.39, 0.29) is 0 Å². The first-order chi connectivity index (χ1) is 11.4. The van der Waals surface area contributed by atoms with Gasteiger partial charge in [0.1, 0.15) is 17.3 Å². The van der Waals surface area contributed by atoms with Crippen LogP contribution in [-0.4, -0.2) is 28.1 Å². The Balaban J connectivity index is 1.53. The minimum Gasteiger partial charge on any atom is -0.491 e. The number of benzene rings is 1. The van der Waals surface area contributed by atoms with Gasteiger partial charge in [-0.1, -0.05) is 18.2 Å². The highest BCUT2D eigenvalue weighted by molar-refractivity contribution is 5.84. The third-order valence-corrected chi connectivity index (χ3v) is 3.27. The van der Waals surface area contributed by atoms with Crippen LogP contribution in [0.5, 0.6) is 5.75 Å². The highest BCUT2D eigenvalue weighted by Crippen LogP contribution is 2.22. The molecule has 0 radical (unpaired) electrons. The normalized spacial score (nSPS) is 10.2. The Morgan fingerprint density at radius 3 is 2.83 bits per heavy atom. The molecule has 114 valence electrons. The standard InChI is InChI=1S/C17H15N5O/c18-12-14-17(22-10-9-19-14)21-8-3-11-23-15-6-1-4-13-5-2-7-20-16(13)15/h1-2,4-7,9-10H,3,8,11H2,(H,21,22). The van der Waals surface area contributed by atoms with Crippen LogP contribution in [0, 0.1) is 11.3 Å². The van der Waals surface area contributed by atoms with Gasteiger partial charge in [-0.3, -0.25) is 4.98 Å². The van der Waals surface area contributed by atoms with Gasteiger partial charge in [-0.25, -0.2) is 9.97 Å². The monoisotopic (exact) mass is 305 g/mol. The molecule has 0 bridgehead atoms. The van der Waals surface area contributed by atoms with E-state index in [0.29, 0.717) is 24.7 Å². The van der Waals surface area contributed by atoms with Crippen LogP contribution < -0.4 is 10.1 Å². The van der Waals surface area contributed by atoms with E-state index in [9.17, 15) is 0 Å². The highest BCUT2D eigenvalue weighted by atomic mass is 16.5. The number of aromatic nitrogens is 3. The summed E-state index contributed by atoms with van der Waals surface area (Å²) in [6.45, 7) is 1.19. The molecule has 3 rings (SSSR count). The van der Waals surface area contributed by atoms with E-state index >= 15 is 0 Å².